The van der Waals surface area contributed by atoms with Crippen LogP contribution in [-0.2, 0) is 0 Å². The van der Waals surface area contributed by atoms with E-state index >= 15 is 0 Å². The average Bonchev–Trinajstić information content (AvgIpc) is 3.89. The SMILES string of the molecule is [2H]c1c([2H])c(N(c2ccc(-c3cccc4ccccc34)cc2)c2cccc3oc4c5ccccc5ccc4c23)c([2H])c([2H])c1-c1ccc2c(c1)c1ccccc1n2-c1ccccc1. The smallest absolute Gasteiger partial charge is 0.143 e. The number of hydrogen-bond acceptors (Lipinski definition) is 2. The fraction of sp³-hybridized carbons (Fsp3) is 0. The quantitative estimate of drug-likeness (QED) is 0.168. The molecular formula is C56H36N2O. The lowest BCUT2D eigenvalue weighted by atomic mass is 9.98. The first kappa shape index (κ1) is 29.4. The molecule has 2 heterocycles. The van der Waals surface area contributed by atoms with Crippen molar-refractivity contribution in [1.82, 2.24) is 4.57 Å². The molecule has 12 rings (SSSR count). The van der Waals surface area contributed by atoms with E-state index in [0.717, 1.165) is 76.5 Å². The summed E-state index contributed by atoms with van der Waals surface area (Å²) in [6.07, 6.45) is 0. The minimum Gasteiger partial charge on any atom is -0.455 e. The highest BCUT2D eigenvalue weighted by Gasteiger charge is 2.21. The molecule has 0 saturated carbocycles. The highest BCUT2D eigenvalue weighted by molar-refractivity contribution is 6.19. The average molecular weight is 757 g/mol. The number of furan rings is 1. The van der Waals surface area contributed by atoms with Crippen LogP contribution in [0.5, 0.6) is 0 Å². The molecule has 0 aliphatic heterocycles. The van der Waals surface area contributed by atoms with Crippen molar-refractivity contribution in [1.29, 1.82) is 0 Å². The monoisotopic (exact) mass is 756 g/mol. The van der Waals surface area contributed by atoms with Gasteiger partial charge in [0.05, 0.1) is 27.6 Å². The van der Waals surface area contributed by atoms with E-state index in [-0.39, 0.29) is 35.4 Å². The van der Waals surface area contributed by atoms with Gasteiger partial charge in [-0.15, -0.1) is 0 Å². The number of benzene rings is 10. The lowest BCUT2D eigenvalue weighted by molar-refractivity contribution is 0.672. The first-order chi connectivity index (χ1) is 30.9. The third-order valence-electron chi connectivity index (χ3n) is 11.6. The second-order valence-electron chi connectivity index (χ2n) is 15.0. The molecule has 276 valence electrons. The first-order valence-corrected chi connectivity index (χ1v) is 19.9. The minimum absolute atomic E-state index is 0.121. The molecule has 10 aromatic carbocycles. The molecule has 2 aromatic heterocycles. The van der Waals surface area contributed by atoms with Crippen LogP contribution in [-0.4, -0.2) is 4.57 Å². The van der Waals surface area contributed by atoms with Crippen molar-refractivity contribution in [2.75, 3.05) is 4.90 Å². The van der Waals surface area contributed by atoms with Gasteiger partial charge in [-0.3, -0.25) is 0 Å². The standard InChI is InChI=1S/C56H36N2O/c1-2-15-42(16-3-1)58-51-21-9-8-19-48(51)50-36-41(29-35-52(50)58)37-24-30-43(31-25-37)57(44-32-26-40(27-33-44)46-20-10-14-38-12-4-6-17-45(38)46)53-22-11-23-54-55(53)49-34-28-39-13-5-7-18-47(39)56(49)59-54/h1-36H/i24D,25D,30D,31D. The van der Waals surface area contributed by atoms with Gasteiger partial charge >= 0.3 is 0 Å². The van der Waals surface area contributed by atoms with Crippen LogP contribution in [0.15, 0.2) is 223 Å². The largest absolute Gasteiger partial charge is 0.455 e. The Morgan fingerprint density at radius 1 is 0.424 bits per heavy atom. The van der Waals surface area contributed by atoms with E-state index in [2.05, 4.69) is 95.6 Å². The molecule has 12 aromatic rings. The maximum absolute atomic E-state index is 9.81. The van der Waals surface area contributed by atoms with E-state index < -0.39 is 0 Å². The molecule has 0 bridgehead atoms. The summed E-state index contributed by atoms with van der Waals surface area (Å²) < 4.78 is 47.8. The third kappa shape index (κ3) is 5.36. The zero-order chi connectivity index (χ0) is 42.3. The minimum atomic E-state index is -0.147. The maximum atomic E-state index is 9.81. The molecule has 0 unspecified atom stereocenters. The van der Waals surface area contributed by atoms with Crippen molar-refractivity contribution in [3.8, 4) is 27.9 Å². The van der Waals surface area contributed by atoms with Crippen LogP contribution in [0.4, 0.5) is 17.1 Å². The Balaban J connectivity index is 1.08. The summed E-state index contributed by atoms with van der Waals surface area (Å²) in [5.41, 5.74) is 8.97. The molecule has 0 N–H and O–H groups in total. The van der Waals surface area contributed by atoms with Crippen molar-refractivity contribution in [2.45, 2.75) is 0 Å². The molecule has 0 aliphatic rings. The Bertz CT molecular complexity index is 3760. The van der Waals surface area contributed by atoms with Gasteiger partial charge in [0.2, 0.25) is 0 Å². The molecule has 0 fully saturated rings. The predicted octanol–water partition coefficient (Wildman–Crippen LogP) is 15.8. The molecule has 0 spiro atoms. The Hall–Kier alpha value is -7.88. The van der Waals surface area contributed by atoms with Crippen LogP contribution in [0, 0.1) is 0 Å². The summed E-state index contributed by atoms with van der Waals surface area (Å²) in [6.45, 7) is 0. The van der Waals surface area contributed by atoms with Gasteiger partial charge in [-0.25, -0.2) is 0 Å². The normalized spacial score (nSPS) is 12.7. The summed E-state index contributed by atoms with van der Waals surface area (Å²) in [5.74, 6) is 0. The van der Waals surface area contributed by atoms with Gasteiger partial charge < -0.3 is 13.9 Å². The van der Waals surface area contributed by atoms with Gasteiger partial charge in [0, 0.05) is 38.6 Å². The third-order valence-corrected chi connectivity index (χ3v) is 11.6. The van der Waals surface area contributed by atoms with Crippen LogP contribution < -0.4 is 4.90 Å². The van der Waals surface area contributed by atoms with Crippen LogP contribution in [0.25, 0.3) is 93.2 Å². The first-order valence-electron chi connectivity index (χ1n) is 21.9. The van der Waals surface area contributed by atoms with E-state index in [1.165, 1.54) is 0 Å². The Morgan fingerprint density at radius 3 is 1.92 bits per heavy atom. The van der Waals surface area contributed by atoms with Gasteiger partial charge in [0.25, 0.3) is 0 Å². The lowest BCUT2D eigenvalue weighted by Gasteiger charge is -2.26. The number of anilines is 3. The van der Waals surface area contributed by atoms with Gasteiger partial charge in [0.15, 0.2) is 0 Å². The van der Waals surface area contributed by atoms with Crippen molar-refractivity contribution in [3.05, 3.63) is 218 Å². The summed E-state index contributed by atoms with van der Waals surface area (Å²) in [4.78, 5) is 1.88. The van der Waals surface area contributed by atoms with Gasteiger partial charge in [-0.1, -0.05) is 146 Å². The number of nitrogens with zero attached hydrogens (tertiary/aromatic N) is 2. The summed E-state index contributed by atoms with van der Waals surface area (Å²) in [5, 5.41) is 8.05. The zero-order valence-corrected chi connectivity index (χ0v) is 31.8. The Labute approximate surface area is 346 Å². The number of fused-ring (bicyclic) bond motifs is 9. The molecule has 59 heavy (non-hydrogen) atoms. The van der Waals surface area contributed by atoms with Gasteiger partial charge in [0.1, 0.15) is 11.2 Å². The maximum Gasteiger partial charge on any atom is 0.143 e. The topological polar surface area (TPSA) is 21.3 Å². The van der Waals surface area contributed by atoms with Crippen molar-refractivity contribution < 1.29 is 9.90 Å². The number of aromatic nitrogens is 1. The van der Waals surface area contributed by atoms with Crippen molar-refractivity contribution in [3.63, 3.8) is 0 Å². The van der Waals surface area contributed by atoms with Crippen LogP contribution in [0.3, 0.4) is 0 Å². The molecule has 0 atom stereocenters. The fourth-order valence-corrected chi connectivity index (χ4v) is 8.92. The fourth-order valence-electron chi connectivity index (χ4n) is 8.92. The second-order valence-corrected chi connectivity index (χ2v) is 15.0. The predicted molar refractivity (Wildman–Crippen MR) is 249 cm³/mol. The van der Waals surface area contributed by atoms with Gasteiger partial charge in [-0.2, -0.15) is 0 Å². The molecule has 0 radical (unpaired) electrons. The van der Waals surface area contributed by atoms with E-state index in [9.17, 15) is 5.48 Å². The molecule has 0 saturated heterocycles. The lowest BCUT2D eigenvalue weighted by Crippen LogP contribution is -2.10. The van der Waals surface area contributed by atoms with E-state index in [0.29, 0.717) is 22.5 Å². The van der Waals surface area contributed by atoms with Gasteiger partial charge in [-0.05, 0) is 111 Å². The van der Waals surface area contributed by atoms with Crippen LogP contribution in [0.2, 0.25) is 0 Å². The molecule has 3 nitrogen and oxygen atoms in total. The molecule has 0 aliphatic carbocycles. The second kappa shape index (κ2) is 13.4. The Kier molecular flexibility index (Phi) is 6.65. The highest BCUT2D eigenvalue weighted by Crippen LogP contribution is 2.45. The molecule has 0 amide bonds. The van der Waals surface area contributed by atoms with E-state index in [1.54, 1.807) is 0 Å². The van der Waals surface area contributed by atoms with E-state index in [4.69, 9.17) is 4.42 Å². The zero-order valence-electron chi connectivity index (χ0n) is 35.8. The van der Waals surface area contributed by atoms with Crippen molar-refractivity contribution >= 4 is 82.4 Å². The summed E-state index contributed by atoms with van der Waals surface area (Å²) in [7, 11) is 0. The van der Waals surface area contributed by atoms with Crippen LogP contribution >= 0.6 is 0 Å². The molecular weight excluding hydrogens is 717 g/mol. The van der Waals surface area contributed by atoms with Crippen LogP contribution in [0.1, 0.15) is 5.48 Å². The number of rotatable bonds is 6. The molecule has 3 heteroatoms. The Morgan fingerprint density at radius 2 is 1.08 bits per heavy atom. The highest BCUT2D eigenvalue weighted by atomic mass is 16.3. The van der Waals surface area contributed by atoms with E-state index in [1.807, 2.05) is 108 Å². The summed E-state index contributed by atoms with van der Waals surface area (Å²) in [6, 6.07) is 64.8. The number of para-hydroxylation sites is 2. The summed E-state index contributed by atoms with van der Waals surface area (Å²) >= 11 is 0. The number of hydrogen-bond donors (Lipinski definition) is 0. The van der Waals surface area contributed by atoms with Crippen molar-refractivity contribution in [2.24, 2.45) is 0 Å².